The Labute approximate surface area is 442 Å². The lowest BCUT2D eigenvalue weighted by molar-refractivity contribution is -0.143. The molecule has 31 heteroatoms. The zero-order valence-corrected chi connectivity index (χ0v) is 43.4. The van der Waals surface area contributed by atoms with Crippen LogP contribution in [0.5, 0.6) is 5.75 Å². The zero-order valence-electron chi connectivity index (χ0n) is 40.1. The number of aromatic nitrogens is 5. The second kappa shape index (κ2) is 20.7. The second-order valence-electron chi connectivity index (χ2n) is 18.7. The first-order chi connectivity index (χ1) is 36.0. The molecule has 78 heavy (non-hydrogen) atoms. The molecule has 8 rings (SSSR count). The summed E-state index contributed by atoms with van der Waals surface area (Å²) in [5, 5.41) is 8.99. The van der Waals surface area contributed by atoms with Crippen LogP contribution in [-0.2, 0) is 79.8 Å². The van der Waals surface area contributed by atoms with Gasteiger partial charge in [0.25, 0.3) is 5.92 Å². The summed E-state index contributed by atoms with van der Waals surface area (Å²) >= 11 is 3.12. The Kier molecular flexibility index (Phi) is 15.3. The Morgan fingerprint density at radius 3 is 2.28 bits per heavy atom. The lowest BCUT2D eigenvalue weighted by atomic mass is 9.93. The van der Waals surface area contributed by atoms with E-state index in [2.05, 4.69) is 36.9 Å². The number of phosphoric ester groups is 1. The minimum Gasteiger partial charge on any atom is -0.755 e. The number of carbonyl (C=O) groups is 2. The summed E-state index contributed by atoms with van der Waals surface area (Å²) in [5.74, 6) is -7.01. The van der Waals surface area contributed by atoms with Gasteiger partial charge >= 0.3 is 20.2 Å². The van der Waals surface area contributed by atoms with Gasteiger partial charge in [0.1, 0.15) is 46.6 Å². The molecule has 3 aromatic heterocycles. The highest BCUT2D eigenvalue weighted by Gasteiger charge is 2.68. The monoisotopic (exact) mass is 1180 g/mol. The fraction of sp³-hybridized carbons (Fsp3) is 0.340. The molecular weight excluding hydrogens is 1140 g/mol. The van der Waals surface area contributed by atoms with Crippen molar-refractivity contribution in [1.29, 1.82) is 0 Å². The highest BCUT2D eigenvalue weighted by Crippen LogP contribution is 2.68. The van der Waals surface area contributed by atoms with Crippen molar-refractivity contribution in [3.8, 4) is 28.7 Å². The van der Waals surface area contributed by atoms with Gasteiger partial charge in [-0.2, -0.15) is 45.3 Å². The minimum absolute atomic E-state index is 0.116. The fourth-order valence-corrected chi connectivity index (χ4v) is 10.3. The Balaban J connectivity index is 1.31. The maximum atomic E-state index is 15.6. The molecule has 4 atom stereocenters. The Morgan fingerprint density at radius 1 is 1.01 bits per heavy atom. The highest BCUT2D eigenvalue weighted by molar-refractivity contribution is 7.92. The number of nitrogens with zero attached hydrogens (tertiary/aromatic N) is 6. The first-order valence-corrected chi connectivity index (χ1v) is 27.4. The molecule has 2 unspecified atom stereocenters. The number of pyridine rings is 1. The van der Waals surface area contributed by atoms with Gasteiger partial charge in [-0.3, -0.25) is 37.3 Å². The topological polar surface area (TPSA) is 239 Å². The van der Waals surface area contributed by atoms with Crippen LogP contribution in [-0.4, -0.2) is 84.8 Å². The molecule has 2 amide bonds. The number of para-hydroxylation sites is 1. The van der Waals surface area contributed by atoms with Crippen molar-refractivity contribution in [3.63, 3.8) is 0 Å². The zero-order chi connectivity index (χ0) is 57.4. The van der Waals surface area contributed by atoms with Crippen molar-refractivity contribution in [2.75, 3.05) is 6.26 Å². The number of carbonyl (C=O) groups excluding carboxylic acids is 2. The molecule has 0 aliphatic heterocycles. The molecule has 2 aliphatic rings. The summed E-state index contributed by atoms with van der Waals surface area (Å²) in [4.78, 5) is 51.2. The Morgan fingerprint density at radius 2 is 1.67 bits per heavy atom. The molecule has 1 saturated carbocycles. The number of nitrogens with one attached hydrogen (secondary N) is 1. The Bertz CT molecular complexity index is 3670. The van der Waals surface area contributed by atoms with E-state index in [1.807, 2.05) is 0 Å². The van der Waals surface area contributed by atoms with Crippen molar-refractivity contribution >= 4 is 63.2 Å². The molecule has 0 radical (unpaired) electrons. The van der Waals surface area contributed by atoms with Crippen LogP contribution < -0.4 is 9.84 Å². The predicted octanol–water partition coefficient (Wildman–Crippen LogP) is 8.13. The number of benzene rings is 3. The van der Waals surface area contributed by atoms with E-state index in [0.717, 1.165) is 54.8 Å². The first-order valence-electron chi connectivity index (χ1n) is 22.5. The second-order valence-corrected chi connectivity index (χ2v) is 23.7. The normalized spacial score (nSPS) is 16.9. The summed E-state index contributed by atoms with van der Waals surface area (Å²) < 4.78 is 213. The summed E-state index contributed by atoms with van der Waals surface area (Å²) in [6.45, 7) is -1.96. The third kappa shape index (κ3) is 12.2. The van der Waals surface area contributed by atoms with Gasteiger partial charge in [-0.1, -0.05) is 41.8 Å². The molecule has 3 N–H and O–H groups in total. The van der Waals surface area contributed by atoms with Crippen molar-refractivity contribution in [1.82, 2.24) is 34.2 Å². The van der Waals surface area contributed by atoms with E-state index in [-0.39, 0.29) is 43.4 Å². The average molecular weight is 1180 g/mol. The summed E-state index contributed by atoms with van der Waals surface area (Å²) in [6.07, 6.45) is -11.4. The summed E-state index contributed by atoms with van der Waals surface area (Å²) in [6, 6.07) is 9.57. The first kappa shape index (κ1) is 57.8. The van der Waals surface area contributed by atoms with Crippen LogP contribution in [0, 0.1) is 29.4 Å². The lowest BCUT2D eigenvalue weighted by Gasteiger charge is -2.24. The molecule has 1 fully saturated rings. The standard InChI is InChI=1S/C47H39ClF10N7O10PS2/c1-44(2,78(3,73)74)13-12-27-8-9-28(40(59-27)33(16-23-14-25(49)18-26(50)15-23)60-36(66)21-63-43-38(42(62-63)47(56,57)58)30-19-31(30)46(43,54)55)29-10-11-32(48)39-34(61-64(41(29)39)22-45(51,52)53)20-65(77(71)72)37(67)17-24-6-4-5-7-35(24)75-76(68,69)70/h4-11,14-15,18,30-31,33H,16-17,19-22H2,1-3H3,(H,60,66)(H,71,72)(H2,68,69,70)/p-1/t30-,31+,33?/m0/s1. The van der Waals surface area contributed by atoms with Gasteiger partial charge in [0.05, 0.1) is 52.2 Å². The van der Waals surface area contributed by atoms with Crippen LogP contribution in [0.1, 0.15) is 77.4 Å². The maximum absolute atomic E-state index is 15.6. The average Bonchev–Trinajstić information content (AvgIpc) is 4.01. The van der Waals surface area contributed by atoms with Gasteiger partial charge in [0, 0.05) is 45.9 Å². The molecule has 17 nitrogen and oxygen atoms in total. The van der Waals surface area contributed by atoms with Gasteiger partial charge in [-0.25, -0.2) is 26.7 Å². The van der Waals surface area contributed by atoms with Crippen LogP contribution >= 0.6 is 19.4 Å². The number of halogens is 11. The number of amides is 2. The fourth-order valence-electron chi connectivity index (χ4n) is 8.94. The number of rotatable bonds is 16. The quantitative estimate of drug-likeness (QED) is 0.0360. The molecular formula is C47H38ClF10N7O10PS2-. The Hall–Kier alpha value is -6.41. The van der Waals surface area contributed by atoms with E-state index in [1.54, 1.807) is 0 Å². The van der Waals surface area contributed by atoms with E-state index >= 15 is 8.78 Å². The van der Waals surface area contributed by atoms with Crippen molar-refractivity contribution < 1.29 is 89.5 Å². The van der Waals surface area contributed by atoms with E-state index < -0.39 is 176 Å². The predicted molar refractivity (Wildman–Crippen MR) is 255 cm³/mol. The van der Waals surface area contributed by atoms with Crippen molar-refractivity contribution in [3.05, 3.63) is 129 Å². The highest BCUT2D eigenvalue weighted by atomic mass is 35.5. The molecule has 416 valence electrons. The molecule has 3 heterocycles. The molecule has 0 spiro atoms. The number of phosphoric acid groups is 1. The van der Waals surface area contributed by atoms with Gasteiger partial charge < -0.3 is 14.4 Å². The molecule has 2 aliphatic carbocycles. The number of sulfone groups is 1. The van der Waals surface area contributed by atoms with E-state index in [9.17, 15) is 76.2 Å². The van der Waals surface area contributed by atoms with E-state index in [0.29, 0.717) is 10.7 Å². The van der Waals surface area contributed by atoms with E-state index in [1.165, 1.54) is 26.0 Å². The lowest BCUT2D eigenvalue weighted by Crippen LogP contribution is -2.35. The third-order valence-corrected chi connectivity index (χ3v) is 16.1. The van der Waals surface area contributed by atoms with Crippen LogP contribution in [0.4, 0.5) is 43.9 Å². The van der Waals surface area contributed by atoms with Crippen molar-refractivity contribution in [2.45, 2.75) is 87.7 Å². The van der Waals surface area contributed by atoms with Gasteiger partial charge in [-0.05, 0) is 80.5 Å². The third-order valence-electron chi connectivity index (χ3n) is 12.7. The number of hydrogen-bond donors (Lipinski definition) is 3. The summed E-state index contributed by atoms with van der Waals surface area (Å²) in [5.41, 5.74) is -6.68. The minimum atomic E-state index is -5.24. The van der Waals surface area contributed by atoms with E-state index in [4.69, 9.17) is 11.6 Å². The molecule has 0 saturated heterocycles. The number of hydrogen-bond acceptors (Lipinski definition) is 11. The molecule has 0 bridgehead atoms. The number of alkyl halides is 8. The van der Waals surface area contributed by atoms with Crippen LogP contribution in [0.25, 0.3) is 22.0 Å². The maximum Gasteiger partial charge on any atom is 0.524 e. The molecule has 3 aromatic carbocycles. The van der Waals surface area contributed by atoms with Gasteiger partial charge in [0.15, 0.2) is 15.5 Å². The smallest absolute Gasteiger partial charge is 0.524 e. The van der Waals surface area contributed by atoms with Gasteiger partial charge in [0.2, 0.25) is 11.8 Å². The van der Waals surface area contributed by atoms with Crippen LogP contribution in [0.3, 0.4) is 0 Å². The van der Waals surface area contributed by atoms with Crippen LogP contribution in [0.15, 0.2) is 66.7 Å². The largest absolute Gasteiger partial charge is 0.755 e. The molecule has 6 aromatic rings. The number of fused-ring (bicyclic) bond motifs is 4. The van der Waals surface area contributed by atoms with Gasteiger partial charge in [-0.15, -0.1) is 0 Å². The van der Waals surface area contributed by atoms with Crippen molar-refractivity contribution in [2.24, 2.45) is 5.92 Å². The SMILES string of the molecule is CC(C)(C#Cc1ccc(-c2ccc(Cl)c3c(CN(C(=O)Cc4ccccc4OP(=O)(O)O)S(=O)[O-])nn(CC(F)(F)F)c23)c(C(Cc2cc(F)cc(F)c2)NC(=O)Cn2nc(C(F)(F)F)c3c2C(F)(F)[C@@H]2C[C@H]32)n1)S(C)(=O)=O. The summed E-state index contributed by atoms with van der Waals surface area (Å²) in [7, 11) is -9.16. The van der Waals surface area contributed by atoms with Crippen LogP contribution in [0.2, 0.25) is 5.02 Å².